The van der Waals surface area contributed by atoms with Crippen molar-refractivity contribution in [3.05, 3.63) is 34.9 Å². The first-order valence-electron chi connectivity index (χ1n) is 5.33. The molecule has 0 saturated heterocycles. The molecule has 0 spiro atoms. The number of carboxylic acids is 1. The number of benzene rings is 1. The summed E-state index contributed by atoms with van der Waals surface area (Å²) < 4.78 is 10.4. The van der Waals surface area contributed by atoms with E-state index in [2.05, 4.69) is 10.9 Å². The van der Waals surface area contributed by atoms with Gasteiger partial charge in [0.25, 0.3) is 0 Å². The monoisotopic (exact) mass is 249 g/mol. The molecule has 1 aliphatic rings. The van der Waals surface area contributed by atoms with Gasteiger partial charge in [-0.2, -0.15) is 0 Å². The van der Waals surface area contributed by atoms with Gasteiger partial charge in [-0.05, 0) is 0 Å². The summed E-state index contributed by atoms with van der Waals surface area (Å²) in [6.45, 7) is 0.565. The minimum absolute atomic E-state index is 0.112. The Bertz CT molecular complexity index is 550. The van der Waals surface area contributed by atoms with Crippen molar-refractivity contribution in [3.8, 4) is 5.63 Å². The average Bonchev–Trinajstić information content (AvgIpc) is 2.35. The molecule has 88 valence electrons. The van der Waals surface area contributed by atoms with E-state index >= 15 is 0 Å². The molecule has 2 N–H and O–H groups in total. The molecule has 1 aromatic rings. The molecule has 0 radical (unpaired) electrons. The molecule has 1 aliphatic heterocycles. The number of fused-ring (bicyclic) bond motifs is 1. The first-order valence-corrected chi connectivity index (χ1v) is 6.14. The van der Waals surface area contributed by atoms with E-state index < -0.39 is 12.0 Å². The van der Waals surface area contributed by atoms with E-state index in [1.807, 2.05) is 18.2 Å². The Hall–Kier alpha value is -1.34. The van der Waals surface area contributed by atoms with E-state index in [0.717, 1.165) is 16.7 Å². The number of nitrogens with one attached hydrogen (secondary N) is 1. The zero-order chi connectivity index (χ0) is 12.3. The molecule has 1 atom stereocenters. The standard InChI is InChI=1S/C12H12NO3P/c14-12(15)11-6-10-8(4-5-17-16)2-1-3-9(10)7-13-11/h1-3,11,13H,4,6-7H2,(H,14,15). The fraction of sp³-hybridized carbons (Fsp3) is 0.333. The number of carboxylic acid groups (broad SMARTS) is 1. The van der Waals surface area contributed by atoms with Gasteiger partial charge in [0.1, 0.15) is 0 Å². The van der Waals surface area contributed by atoms with E-state index in [-0.39, 0.29) is 7.92 Å². The second-order valence-corrected chi connectivity index (χ2v) is 4.46. The third kappa shape index (κ3) is 2.67. The summed E-state index contributed by atoms with van der Waals surface area (Å²) in [4.78, 5) is 11.0. The molecule has 0 bridgehead atoms. The fourth-order valence-electron chi connectivity index (χ4n) is 2.08. The van der Waals surface area contributed by atoms with Crippen LogP contribution in [0, 0.1) is 5.63 Å². The molecule has 17 heavy (non-hydrogen) atoms. The number of aliphatic carboxylic acids is 1. The third-order valence-corrected chi connectivity index (χ3v) is 3.24. The van der Waals surface area contributed by atoms with Crippen LogP contribution >= 0.6 is 7.92 Å². The van der Waals surface area contributed by atoms with Crippen molar-refractivity contribution in [2.24, 2.45) is 0 Å². The summed E-state index contributed by atoms with van der Waals surface area (Å²) in [6, 6.07) is 5.31. The van der Waals surface area contributed by atoms with Gasteiger partial charge in [-0.3, -0.25) is 0 Å². The Balaban J connectivity index is 2.34. The molecule has 1 heterocycles. The molecule has 0 aromatic heterocycles. The van der Waals surface area contributed by atoms with Crippen molar-refractivity contribution in [2.75, 3.05) is 0 Å². The van der Waals surface area contributed by atoms with E-state index in [0.29, 0.717) is 19.4 Å². The van der Waals surface area contributed by atoms with Crippen LogP contribution in [0.3, 0.4) is 0 Å². The first-order chi connectivity index (χ1) is 8.22. The normalized spacial score (nSPS) is 18.0. The molecular weight excluding hydrogens is 237 g/mol. The van der Waals surface area contributed by atoms with Crippen LogP contribution in [0.2, 0.25) is 0 Å². The molecule has 0 amide bonds. The van der Waals surface area contributed by atoms with Crippen LogP contribution in [0.1, 0.15) is 16.7 Å². The Morgan fingerprint density at radius 2 is 2.41 bits per heavy atom. The second-order valence-electron chi connectivity index (χ2n) is 3.96. The first kappa shape index (κ1) is 12.1. The van der Waals surface area contributed by atoms with Crippen LogP contribution in [0.4, 0.5) is 0 Å². The van der Waals surface area contributed by atoms with Gasteiger partial charge < -0.3 is 0 Å². The van der Waals surface area contributed by atoms with Gasteiger partial charge in [-0.1, -0.05) is 0 Å². The number of hydrogen-bond acceptors (Lipinski definition) is 3. The van der Waals surface area contributed by atoms with Crippen LogP contribution < -0.4 is 5.32 Å². The van der Waals surface area contributed by atoms with Crippen LogP contribution in [0.15, 0.2) is 18.2 Å². The van der Waals surface area contributed by atoms with Crippen LogP contribution in [-0.2, 0) is 28.7 Å². The predicted molar refractivity (Wildman–Crippen MR) is 63.6 cm³/mol. The van der Waals surface area contributed by atoms with Crippen molar-refractivity contribution >= 4 is 13.9 Å². The van der Waals surface area contributed by atoms with Crippen molar-refractivity contribution in [1.29, 1.82) is 0 Å². The predicted octanol–water partition coefficient (Wildman–Crippen LogP) is 1.58. The molecule has 1 unspecified atom stereocenters. The van der Waals surface area contributed by atoms with Crippen molar-refractivity contribution in [3.63, 3.8) is 0 Å². The zero-order valence-corrected chi connectivity index (χ0v) is 10.0. The molecule has 4 nitrogen and oxygen atoms in total. The third-order valence-electron chi connectivity index (χ3n) is 2.95. The molecule has 5 heteroatoms. The van der Waals surface area contributed by atoms with Gasteiger partial charge in [0.05, 0.1) is 0 Å². The second kappa shape index (κ2) is 5.33. The molecule has 0 fully saturated rings. The van der Waals surface area contributed by atoms with Crippen LogP contribution in [0.25, 0.3) is 0 Å². The van der Waals surface area contributed by atoms with Crippen LogP contribution in [-0.4, -0.2) is 17.1 Å². The minimum atomic E-state index is -0.833. The topological polar surface area (TPSA) is 66.4 Å². The molecule has 1 aromatic carbocycles. The van der Waals surface area contributed by atoms with E-state index in [9.17, 15) is 9.36 Å². The van der Waals surface area contributed by atoms with Gasteiger partial charge in [0, 0.05) is 0 Å². The number of rotatable bonds is 2. The summed E-state index contributed by atoms with van der Waals surface area (Å²) in [5, 5.41) is 12.0. The maximum atomic E-state index is 11.0. The van der Waals surface area contributed by atoms with E-state index in [1.54, 1.807) is 0 Å². The average molecular weight is 249 g/mol. The summed E-state index contributed by atoms with van der Waals surface area (Å²) in [5.41, 5.74) is 5.89. The van der Waals surface area contributed by atoms with Gasteiger partial charge in [0.15, 0.2) is 0 Å². The van der Waals surface area contributed by atoms with Crippen molar-refractivity contribution in [1.82, 2.24) is 5.32 Å². The SMILES string of the molecule is O=P#CCc1cccc2c1CC(C(=O)O)NC2. The molecular formula is C12H12NO3P. The quantitative estimate of drug-likeness (QED) is 0.781. The number of carbonyl (C=O) groups is 1. The fourth-order valence-corrected chi connectivity index (χ4v) is 2.32. The molecule has 0 saturated carbocycles. The van der Waals surface area contributed by atoms with Gasteiger partial charge >= 0.3 is 99.6 Å². The summed E-state index contributed by atoms with van der Waals surface area (Å²) in [7, 11) is -0.112. The van der Waals surface area contributed by atoms with E-state index in [4.69, 9.17) is 5.11 Å². The van der Waals surface area contributed by atoms with Crippen molar-refractivity contribution in [2.45, 2.75) is 25.4 Å². The van der Waals surface area contributed by atoms with Gasteiger partial charge in [-0.25, -0.2) is 0 Å². The van der Waals surface area contributed by atoms with E-state index in [1.165, 1.54) is 0 Å². The summed E-state index contributed by atoms with van der Waals surface area (Å²) >= 11 is 0. The van der Waals surface area contributed by atoms with Crippen LogP contribution in [0.5, 0.6) is 0 Å². The zero-order valence-electron chi connectivity index (χ0n) is 9.14. The molecule has 2 rings (SSSR count). The van der Waals surface area contributed by atoms with Gasteiger partial charge in [-0.15, -0.1) is 0 Å². The number of hydrogen-bond donors (Lipinski definition) is 2. The maximum absolute atomic E-state index is 11.0. The Labute approximate surface area is 100 Å². The summed E-state index contributed by atoms with van der Waals surface area (Å²) in [5.74, 6) is -0.833. The van der Waals surface area contributed by atoms with Gasteiger partial charge in [0.2, 0.25) is 0 Å². The summed E-state index contributed by atoms with van der Waals surface area (Å²) in [6.07, 6.45) is 0.957. The Kier molecular flexibility index (Phi) is 3.80. The molecule has 0 aliphatic carbocycles. The van der Waals surface area contributed by atoms with Crippen molar-refractivity contribution < 1.29 is 14.5 Å². The Morgan fingerprint density at radius 3 is 3.12 bits per heavy atom. The Morgan fingerprint density at radius 1 is 1.59 bits per heavy atom.